The number of nitriles is 1. The van der Waals surface area contributed by atoms with Gasteiger partial charge in [0.05, 0.1) is 17.2 Å². The molecule has 0 bridgehead atoms. The Morgan fingerprint density at radius 2 is 1.88 bits per heavy atom. The van der Waals surface area contributed by atoms with E-state index >= 15 is 0 Å². The van der Waals surface area contributed by atoms with Crippen LogP contribution in [0.15, 0.2) is 59.5 Å². The monoisotopic (exact) mass is 475 g/mol. The number of benzene rings is 2. The number of fused-ring (bicyclic) bond motifs is 1. The van der Waals surface area contributed by atoms with Crippen LogP contribution in [0.2, 0.25) is 0 Å². The number of thiophene rings is 1. The number of rotatable bonds is 7. The molecule has 1 heterocycles. The molecule has 3 aromatic rings. The van der Waals surface area contributed by atoms with E-state index in [4.69, 9.17) is 0 Å². The van der Waals surface area contributed by atoms with E-state index in [1.807, 2.05) is 61.5 Å². The molecule has 1 atom stereocenters. The number of aryl methyl sites for hydroxylation is 1. The maximum absolute atomic E-state index is 12.9. The van der Waals surface area contributed by atoms with Gasteiger partial charge in [-0.3, -0.25) is 9.59 Å². The molecule has 2 N–H and O–H groups in total. The molecule has 0 spiro atoms. The van der Waals surface area contributed by atoms with Crippen LogP contribution in [0.25, 0.3) is 0 Å². The van der Waals surface area contributed by atoms with Crippen LogP contribution in [0.4, 0.5) is 10.7 Å². The Morgan fingerprint density at radius 1 is 1.09 bits per heavy atom. The molecule has 0 fully saturated rings. The van der Waals surface area contributed by atoms with Gasteiger partial charge < -0.3 is 10.6 Å². The lowest BCUT2D eigenvalue weighted by Crippen LogP contribution is -2.22. The summed E-state index contributed by atoms with van der Waals surface area (Å²) in [5, 5.41) is 15.8. The van der Waals surface area contributed by atoms with Crippen molar-refractivity contribution in [3.05, 3.63) is 76.2 Å². The third-order valence-corrected chi connectivity index (χ3v) is 7.83. The van der Waals surface area contributed by atoms with E-state index in [2.05, 4.69) is 16.7 Å². The zero-order valence-electron chi connectivity index (χ0n) is 18.4. The number of hydrogen-bond acceptors (Lipinski definition) is 5. The quantitative estimate of drug-likeness (QED) is 0.423. The summed E-state index contributed by atoms with van der Waals surface area (Å²) in [4.78, 5) is 27.3. The van der Waals surface area contributed by atoms with E-state index in [-0.39, 0.29) is 17.1 Å². The standard InChI is InChI=1S/C26H25N3O2S2/c1-17(25(31)29-26-22(16-27)21-12-5-6-13-23(21)33-26)32-20-11-7-10-19(15-20)28-24(30)14-18-8-3-2-4-9-18/h2-4,7-11,15,17H,5-6,12-14H2,1H3,(H,28,30)(H,29,31). The SMILES string of the molecule is CC(Sc1cccc(NC(=O)Cc2ccccc2)c1)C(=O)Nc1sc2c(c1C#N)CCCC2. The predicted molar refractivity (Wildman–Crippen MR) is 135 cm³/mol. The second-order valence-corrected chi connectivity index (χ2v) is 10.5. The van der Waals surface area contributed by atoms with Crippen molar-refractivity contribution in [2.45, 2.75) is 49.2 Å². The maximum Gasteiger partial charge on any atom is 0.238 e. The lowest BCUT2D eigenvalue weighted by molar-refractivity contribution is -0.116. The smallest absolute Gasteiger partial charge is 0.238 e. The highest BCUT2D eigenvalue weighted by Crippen LogP contribution is 2.38. The summed E-state index contributed by atoms with van der Waals surface area (Å²) >= 11 is 2.96. The molecule has 1 aliphatic rings. The molecular formula is C26H25N3O2S2. The Balaban J connectivity index is 1.37. The van der Waals surface area contributed by atoms with E-state index in [1.165, 1.54) is 28.0 Å². The summed E-state index contributed by atoms with van der Waals surface area (Å²) in [5.41, 5.74) is 3.40. The third-order valence-electron chi connectivity index (χ3n) is 5.53. The fraction of sp³-hybridized carbons (Fsp3) is 0.269. The molecule has 7 heteroatoms. The molecule has 2 amide bonds. The molecule has 1 aliphatic carbocycles. The highest BCUT2D eigenvalue weighted by Gasteiger charge is 2.23. The van der Waals surface area contributed by atoms with Crippen LogP contribution in [0.1, 0.15) is 41.3 Å². The van der Waals surface area contributed by atoms with Gasteiger partial charge in [-0.05, 0) is 61.9 Å². The molecule has 5 nitrogen and oxygen atoms in total. The summed E-state index contributed by atoms with van der Waals surface area (Å²) in [5.74, 6) is -0.214. The van der Waals surface area contributed by atoms with Gasteiger partial charge in [-0.2, -0.15) is 5.26 Å². The number of hydrogen-bond donors (Lipinski definition) is 2. The number of amides is 2. The molecule has 0 aliphatic heterocycles. The van der Waals surface area contributed by atoms with Crippen LogP contribution in [-0.4, -0.2) is 17.1 Å². The normalized spacial score (nSPS) is 13.5. The first-order chi connectivity index (χ1) is 16.0. The second-order valence-electron chi connectivity index (χ2n) is 8.01. The van der Waals surface area contributed by atoms with Gasteiger partial charge in [0.1, 0.15) is 11.1 Å². The highest BCUT2D eigenvalue weighted by molar-refractivity contribution is 8.00. The molecule has 1 aromatic heterocycles. The molecule has 33 heavy (non-hydrogen) atoms. The minimum Gasteiger partial charge on any atom is -0.326 e. The van der Waals surface area contributed by atoms with Crippen molar-refractivity contribution < 1.29 is 9.59 Å². The van der Waals surface area contributed by atoms with Crippen LogP contribution in [0.3, 0.4) is 0 Å². The number of thioether (sulfide) groups is 1. The van der Waals surface area contributed by atoms with Gasteiger partial charge in [0, 0.05) is 15.5 Å². The van der Waals surface area contributed by atoms with E-state index < -0.39 is 0 Å². The van der Waals surface area contributed by atoms with E-state index in [9.17, 15) is 14.9 Å². The molecule has 2 aromatic carbocycles. The Labute approximate surface area is 202 Å². The van der Waals surface area contributed by atoms with Crippen molar-refractivity contribution in [1.29, 1.82) is 5.26 Å². The van der Waals surface area contributed by atoms with Crippen LogP contribution in [-0.2, 0) is 28.9 Å². The van der Waals surface area contributed by atoms with Gasteiger partial charge in [-0.1, -0.05) is 36.4 Å². The number of anilines is 2. The molecule has 0 saturated heterocycles. The van der Waals surface area contributed by atoms with Crippen molar-refractivity contribution in [2.24, 2.45) is 0 Å². The Morgan fingerprint density at radius 3 is 2.67 bits per heavy atom. The number of nitrogens with one attached hydrogen (secondary N) is 2. The van der Waals surface area contributed by atoms with E-state index in [0.717, 1.165) is 41.7 Å². The first kappa shape index (κ1) is 23.1. The maximum atomic E-state index is 12.9. The molecule has 4 rings (SSSR count). The Kier molecular flexibility index (Phi) is 7.48. The van der Waals surface area contributed by atoms with Crippen LogP contribution in [0, 0.1) is 11.3 Å². The van der Waals surface area contributed by atoms with Gasteiger partial charge in [0.2, 0.25) is 11.8 Å². The first-order valence-corrected chi connectivity index (χ1v) is 12.7. The van der Waals surface area contributed by atoms with Gasteiger partial charge in [-0.25, -0.2) is 0 Å². The van der Waals surface area contributed by atoms with Gasteiger partial charge >= 0.3 is 0 Å². The second kappa shape index (κ2) is 10.7. The largest absolute Gasteiger partial charge is 0.326 e. The summed E-state index contributed by atoms with van der Waals surface area (Å²) in [6.45, 7) is 1.85. The predicted octanol–water partition coefficient (Wildman–Crippen LogP) is 5.80. The van der Waals surface area contributed by atoms with Crippen molar-refractivity contribution in [3.63, 3.8) is 0 Å². The topological polar surface area (TPSA) is 82.0 Å². The van der Waals surface area contributed by atoms with E-state index in [1.54, 1.807) is 0 Å². The summed E-state index contributed by atoms with van der Waals surface area (Å²) < 4.78 is 0. The number of carbonyl (C=O) groups is 2. The molecular weight excluding hydrogens is 450 g/mol. The fourth-order valence-electron chi connectivity index (χ4n) is 3.88. The number of carbonyl (C=O) groups excluding carboxylic acids is 2. The lowest BCUT2D eigenvalue weighted by atomic mass is 9.96. The fourth-order valence-corrected chi connectivity index (χ4v) is 6.05. The Bertz CT molecular complexity index is 1200. The Hall–Kier alpha value is -3.08. The van der Waals surface area contributed by atoms with Crippen LogP contribution < -0.4 is 10.6 Å². The third kappa shape index (κ3) is 5.84. The van der Waals surface area contributed by atoms with Gasteiger partial charge in [-0.15, -0.1) is 23.1 Å². The van der Waals surface area contributed by atoms with Gasteiger partial charge in [0.25, 0.3) is 0 Å². The average Bonchev–Trinajstić information content (AvgIpc) is 3.16. The van der Waals surface area contributed by atoms with E-state index in [0.29, 0.717) is 22.7 Å². The van der Waals surface area contributed by atoms with Crippen LogP contribution in [0.5, 0.6) is 0 Å². The average molecular weight is 476 g/mol. The molecule has 0 saturated carbocycles. The minimum atomic E-state index is -0.356. The van der Waals surface area contributed by atoms with Crippen molar-refractivity contribution >= 4 is 45.6 Å². The minimum absolute atomic E-state index is 0.0835. The summed E-state index contributed by atoms with van der Waals surface area (Å²) in [6, 6.07) is 19.4. The first-order valence-electron chi connectivity index (χ1n) is 11.0. The molecule has 0 radical (unpaired) electrons. The zero-order chi connectivity index (χ0) is 23.2. The zero-order valence-corrected chi connectivity index (χ0v) is 20.0. The van der Waals surface area contributed by atoms with Crippen LogP contribution >= 0.6 is 23.1 Å². The van der Waals surface area contributed by atoms with Gasteiger partial charge in [0.15, 0.2) is 0 Å². The number of nitrogens with zero attached hydrogens (tertiary/aromatic N) is 1. The summed E-state index contributed by atoms with van der Waals surface area (Å²) in [6.07, 6.45) is 4.44. The summed E-state index contributed by atoms with van der Waals surface area (Å²) in [7, 11) is 0. The molecule has 1 unspecified atom stereocenters. The lowest BCUT2D eigenvalue weighted by Gasteiger charge is -2.13. The van der Waals surface area contributed by atoms with Crippen molar-refractivity contribution in [2.75, 3.05) is 10.6 Å². The van der Waals surface area contributed by atoms with Crippen molar-refractivity contribution in [3.8, 4) is 6.07 Å². The highest BCUT2D eigenvalue weighted by atomic mass is 32.2. The van der Waals surface area contributed by atoms with Crippen molar-refractivity contribution in [1.82, 2.24) is 0 Å². The molecule has 168 valence electrons.